The first-order chi connectivity index (χ1) is 7.63. The highest BCUT2D eigenvalue weighted by Crippen LogP contribution is 2.43. The number of carbonyl (C=O) groups is 1. The van der Waals surface area contributed by atoms with E-state index in [0.717, 1.165) is 11.3 Å². The van der Waals surface area contributed by atoms with Gasteiger partial charge in [-0.2, -0.15) is 5.54 Å². The molecule has 1 unspecified atom stereocenters. The molecule has 1 aromatic rings. The second-order valence-electron chi connectivity index (χ2n) is 4.11. The first-order valence-corrected chi connectivity index (χ1v) is 5.14. The molecular formula is C12H13FN2O. The third-order valence-corrected chi connectivity index (χ3v) is 3.29. The van der Waals surface area contributed by atoms with E-state index in [9.17, 15) is 9.28 Å². The molecule has 0 aromatic carbocycles. The van der Waals surface area contributed by atoms with E-state index in [4.69, 9.17) is 0 Å². The maximum atomic E-state index is 12.5. The monoisotopic (exact) mass is 220 g/mol. The number of aromatic nitrogens is 1. The van der Waals surface area contributed by atoms with Crippen LogP contribution < -0.4 is 5.54 Å². The van der Waals surface area contributed by atoms with E-state index in [0.29, 0.717) is 18.4 Å². The summed E-state index contributed by atoms with van der Waals surface area (Å²) >= 11 is 0. The number of halogens is 1. The second kappa shape index (κ2) is 3.70. The Balaban J connectivity index is 2.60. The number of aryl methyl sites for hydroxylation is 1. The first kappa shape index (κ1) is 10.8. The highest BCUT2D eigenvalue weighted by Gasteiger charge is 2.46. The molecule has 0 spiro atoms. The highest BCUT2D eigenvalue weighted by molar-refractivity contribution is 5.92. The molecule has 1 heterocycles. The van der Waals surface area contributed by atoms with Crippen molar-refractivity contribution < 1.29 is 9.28 Å². The Morgan fingerprint density at radius 3 is 3.06 bits per heavy atom. The normalized spacial score (nSPS) is 22.6. The van der Waals surface area contributed by atoms with Crippen molar-refractivity contribution >= 4 is 5.91 Å². The average molecular weight is 220 g/mol. The van der Waals surface area contributed by atoms with Crippen molar-refractivity contribution in [3.05, 3.63) is 41.7 Å². The van der Waals surface area contributed by atoms with Crippen molar-refractivity contribution in [2.24, 2.45) is 0 Å². The lowest BCUT2D eigenvalue weighted by Gasteiger charge is -2.27. The van der Waals surface area contributed by atoms with Crippen LogP contribution in [0.1, 0.15) is 24.6 Å². The number of rotatable bonds is 2. The third-order valence-electron chi connectivity index (χ3n) is 3.29. The number of carbonyl (C=O) groups excluding carboxylic acids is 1. The van der Waals surface area contributed by atoms with Gasteiger partial charge in [-0.25, -0.2) is 0 Å². The van der Waals surface area contributed by atoms with Crippen molar-refractivity contribution in [3.8, 4) is 0 Å². The van der Waals surface area contributed by atoms with Gasteiger partial charge in [-0.3, -0.25) is 9.78 Å². The zero-order valence-electron chi connectivity index (χ0n) is 9.09. The van der Waals surface area contributed by atoms with E-state index in [1.54, 1.807) is 19.2 Å². The molecular weight excluding hydrogens is 207 g/mol. The molecule has 0 aliphatic heterocycles. The Hall–Kier alpha value is -1.71. The van der Waals surface area contributed by atoms with E-state index in [2.05, 4.69) is 11.6 Å². The summed E-state index contributed by atoms with van der Waals surface area (Å²) in [7, 11) is 0. The Kier molecular flexibility index (Phi) is 2.50. The van der Waals surface area contributed by atoms with Gasteiger partial charge in [0.2, 0.25) is 0 Å². The van der Waals surface area contributed by atoms with Crippen molar-refractivity contribution in [2.45, 2.75) is 25.2 Å². The molecule has 0 radical (unpaired) electrons. The summed E-state index contributed by atoms with van der Waals surface area (Å²) in [6, 6.07) is 3.58. The zero-order chi connectivity index (χ0) is 11.8. The lowest BCUT2D eigenvalue weighted by atomic mass is 9.76. The predicted octanol–water partition coefficient (Wildman–Crippen LogP) is 1.84. The van der Waals surface area contributed by atoms with Crippen LogP contribution in [0.15, 0.2) is 30.5 Å². The molecule has 16 heavy (non-hydrogen) atoms. The van der Waals surface area contributed by atoms with E-state index in [1.807, 2.05) is 6.07 Å². The first-order valence-electron chi connectivity index (χ1n) is 5.14. The molecule has 2 rings (SSSR count). The van der Waals surface area contributed by atoms with Gasteiger partial charge in [0, 0.05) is 11.9 Å². The maximum Gasteiger partial charge on any atom is 0.262 e. The number of hydrogen-bond donors (Lipinski definition) is 1. The quantitative estimate of drug-likeness (QED) is 0.610. The van der Waals surface area contributed by atoms with Crippen molar-refractivity contribution in [3.63, 3.8) is 0 Å². The van der Waals surface area contributed by atoms with Crippen molar-refractivity contribution in [2.75, 3.05) is 0 Å². The SMILES string of the molecule is C=C(C)C1(C(=O)NF)CCc2ncccc21. The molecule has 0 bridgehead atoms. The summed E-state index contributed by atoms with van der Waals surface area (Å²) in [5.74, 6) is -0.647. The number of pyridine rings is 1. The molecule has 84 valence electrons. The van der Waals surface area contributed by atoms with Gasteiger partial charge in [-0.1, -0.05) is 18.2 Å². The summed E-state index contributed by atoms with van der Waals surface area (Å²) in [5.41, 5.74) is 2.58. The summed E-state index contributed by atoms with van der Waals surface area (Å²) in [6.45, 7) is 5.57. The van der Waals surface area contributed by atoms with E-state index in [-0.39, 0.29) is 0 Å². The number of amides is 1. The van der Waals surface area contributed by atoms with Crippen LogP contribution in [0.5, 0.6) is 0 Å². The minimum absolute atomic E-state index is 0.532. The highest BCUT2D eigenvalue weighted by atomic mass is 19.2. The van der Waals surface area contributed by atoms with E-state index < -0.39 is 11.3 Å². The van der Waals surface area contributed by atoms with Crippen LogP contribution in [0.25, 0.3) is 0 Å². The van der Waals surface area contributed by atoms with Gasteiger partial charge in [-0.05, 0) is 31.4 Å². The largest absolute Gasteiger partial charge is 0.271 e. The molecule has 4 heteroatoms. The second-order valence-corrected chi connectivity index (χ2v) is 4.11. The van der Waals surface area contributed by atoms with E-state index in [1.165, 1.54) is 5.54 Å². The Bertz CT molecular complexity index is 458. The van der Waals surface area contributed by atoms with Crippen LogP contribution in [0.4, 0.5) is 4.48 Å². The van der Waals surface area contributed by atoms with E-state index >= 15 is 0 Å². The molecule has 1 N–H and O–H groups in total. The van der Waals surface area contributed by atoms with Crippen LogP contribution in [-0.4, -0.2) is 10.9 Å². The number of fused-ring (bicyclic) bond motifs is 1. The van der Waals surface area contributed by atoms with Gasteiger partial charge in [0.1, 0.15) is 0 Å². The number of hydrogen-bond acceptors (Lipinski definition) is 2. The van der Waals surface area contributed by atoms with Crippen LogP contribution >= 0.6 is 0 Å². The van der Waals surface area contributed by atoms with Crippen molar-refractivity contribution in [1.82, 2.24) is 10.5 Å². The summed E-state index contributed by atoms with van der Waals surface area (Å²) < 4.78 is 12.5. The molecule has 0 saturated heterocycles. The molecule has 0 saturated carbocycles. The minimum atomic E-state index is -0.946. The van der Waals surface area contributed by atoms with Crippen LogP contribution in [0.2, 0.25) is 0 Å². The number of nitrogens with zero attached hydrogens (tertiary/aromatic N) is 1. The smallest absolute Gasteiger partial charge is 0.262 e. The molecule has 1 aliphatic carbocycles. The van der Waals surface area contributed by atoms with Gasteiger partial charge in [0.25, 0.3) is 5.91 Å². The molecule has 1 aliphatic rings. The van der Waals surface area contributed by atoms with Gasteiger partial charge in [-0.15, -0.1) is 4.48 Å². The average Bonchev–Trinajstić information content (AvgIpc) is 2.68. The molecule has 1 amide bonds. The number of nitrogens with one attached hydrogen (secondary N) is 1. The lowest BCUT2D eigenvalue weighted by molar-refractivity contribution is -0.129. The van der Waals surface area contributed by atoms with Gasteiger partial charge < -0.3 is 0 Å². The Morgan fingerprint density at radius 2 is 2.44 bits per heavy atom. The van der Waals surface area contributed by atoms with Crippen LogP contribution in [0.3, 0.4) is 0 Å². The minimum Gasteiger partial charge on any atom is -0.271 e. The Morgan fingerprint density at radius 1 is 1.69 bits per heavy atom. The van der Waals surface area contributed by atoms with Crippen molar-refractivity contribution in [1.29, 1.82) is 0 Å². The molecule has 1 aromatic heterocycles. The van der Waals surface area contributed by atoms with Crippen LogP contribution in [-0.2, 0) is 16.6 Å². The molecule has 0 fully saturated rings. The van der Waals surface area contributed by atoms with Crippen LogP contribution in [0, 0.1) is 0 Å². The fourth-order valence-electron chi connectivity index (χ4n) is 2.42. The fraction of sp³-hybridized carbons (Fsp3) is 0.333. The third kappa shape index (κ3) is 1.26. The fourth-order valence-corrected chi connectivity index (χ4v) is 2.42. The standard InChI is InChI=1S/C12H13FN2O/c1-8(2)12(11(16)15-13)6-5-10-9(12)4-3-7-14-10/h3-4,7H,1,5-6H2,2H3,(H,15,16). The maximum absolute atomic E-state index is 12.5. The van der Waals surface area contributed by atoms with Gasteiger partial charge in [0.15, 0.2) is 0 Å². The van der Waals surface area contributed by atoms with Gasteiger partial charge >= 0.3 is 0 Å². The summed E-state index contributed by atoms with van der Waals surface area (Å²) in [6.07, 6.45) is 2.89. The van der Waals surface area contributed by atoms with Gasteiger partial charge in [0.05, 0.1) is 5.41 Å². The Labute approximate surface area is 93.3 Å². The topological polar surface area (TPSA) is 42.0 Å². The molecule has 3 nitrogen and oxygen atoms in total. The summed E-state index contributed by atoms with van der Waals surface area (Å²) in [4.78, 5) is 16.0. The lowest BCUT2D eigenvalue weighted by Crippen LogP contribution is -2.40. The molecule has 1 atom stereocenters. The predicted molar refractivity (Wildman–Crippen MR) is 58.3 cm³/mol. The summed E-state index contributed by atoms with van der Waals surface area (Å²) in [5, 5.41) is 0. The zero-order valence-corrected chi connectivity index (χ0v) is 9.09.